The van der Waals surface area contributed by atoms with Crippen molar-refractivity contribution >= 4 is 11.7 Å². The van der Waals surface area contributed by atoms with Gasteiger partial charge in [0.05, 0.1) is 6.54 Å². The van der Waals surface area contributed by atoms with Crippen LogP contribution in [0.4, 0.5) is 5.82 Å². The van der Waals surface area contributed by atoms with Crippen molar-refractivity contribution in [2.24, 2.45) is 0 Å². The van der Waals surface area contributed by atoms with Crippen molar-refractivity contribution in [3.63, 3.8) is 0 Å². The Morgan fingerprint density at radius 1 is 1.26 bits per heavy atom. The molecule has 0 saturated carbocycles. The van der Waals surface area contributed by atoms with Crippen LogP contribution in [-0.2, 0) is 11.3 Å². The van der Waals surface area contributed by atoms with Gasteiger partial charge in [-0.05, 0) is 32.0 Å². The maximum absolute atomic E-state index is 12.3. The summed E-state index contributed by atoms with van der Waals surface area (Å²) < 4.78 is 1.85. The van der Waals surface area contributed by atoms with Crippen molar-refractivity contribution in [3.05, 3.63) is 48.2 Å². The van der Waals surface area contributed by atoms with Crippen LogP contribution in [0.5, 0.6) is 0 Å². The Kier molecular flexibility index (Phi) is 6.35. The van der Waals surface area contributed by atoms with E-state index in [2.05, 4.69) is 34.4 Å². The number of anilines is 1. The summed E-state index contributed by atoms with van der Waals surface area (Å²) in [6.07, 6.45) is 3.31. The molecule has 1 aromatic heterocycles. The maximum atomic E-state index is 12.3. The molecule has 23 heavy (non-hydrogen) atoms. The van der Waals surface area contributed by atoms with Gasteiger partial charge in [0, 0.05) is 25.2 Å². The number of benzene rings is 1. The molecular weight excluding hydrogens is 288 g/mol. The number of nitrogens with one attached hydrogen (secondary N) is 1. The highest BCUT2D eigenvalue weighted by molar-refractivity contribution is 5.90. The fourth-order valence-corrected chi connectivity index (χ4v) is 2.50. The number of aromatic nitrogens is 2. The van der Waals surface area contributed by atoms with Gasteiger partial charge in [-0.15, -0.1) is 0 Å². The van der Waals surface area contributed by atoms with E-state index in [9.17, 15) is 4.79 Å². The van der Waals surface area contributed by atoms with E-state index in [1.165, 1.54) is 5.56 Å². The van der Waals surface area contributed by atoms with E-state index >= 15 is 0 Å². The average molecular weight is 314 g/mol. The number of amides is 1. The lowest BCUT2D eigenvalue weighted by molar-refractivity contribution is -0.116. The first-order chi connectivity index (χ1) is 11.1. The molecule has 5 nitrogen and oxygen atoms in total. The molecule has 0 radical (unpaired) electrons. The Bertz CT molecular complexity index is 606. The minimum Gasteiger partial charge on any atom is -0.309 e. The zero-order valence-electron chi connectivity index (χ0n) is 14.2. The Balaban J connectivity index is 1.89. The topological polar surface area (TPSA) is 50.2 Å². The molecule has 0 fully saturated rings. The minimum atomic E-state index is 0.0126. The molecule has 124 valence electrons. The van der Waals surface area contributed by atoms with Crippen molar-refractivity contribution < 1.29 is 4.79 Å². The van der Waals surface area contributed by atoms with Crippen LogP contribution in [0, 0.1) is 0 Å². The molecule has 1 amide bonds. The van der Waals surface area contributed by atoms with E-state index in [-0.39, 0.29) is 11.8 Å². The summed E-state index contributed by atoms with van der Waals surface area (Å²) in [5.41, 5.74) is 1.21. The summed E-state index contributed by atoms with van der Waals surface area (Å²) >= 11 is 0. The monoisotopic (exact) mass is 314 g/mol. The van der Waals surface area contributed by atoms with Crippen molar-refractivity contribution in [2.75, 3.05) is 26.0 Å². The molecule has 1 N–H and O–H groups in total. The predicted molar refractivity (Wildman–Crippen MR) is 93.5 cm³/mol. The van der Waals surface area contributed by atoms with Gasteiger partial charge in [0.15, 0.2) is 5.82 Å². The van der Waals surface area contributed by atoms with Crippen molar-refractivity contribution in [2.45, 2.75) is 32.2 Å². The number of likely N-dealkylation sites (N-methyl/N-ethyl adjacent to an activating group) is 1. The minimum absolute atomic E-state index is 0.0126. The third-order valence-electron chi connectivity index (χ3n) is 3.88. The summed E-state index contributed by atoms with van der Waals surface area (Å²) in [6, 6.07) is 12.0. The summed E-state index contributed by atoms with van der Waals surface area (Å²) in [5.74, 6) is 0.877. The number of hydrogen-bond acceptors (Lipinski definition) is 3. The van der Waals surface area contributed by atoms with Gasteiger partial charge in [-0.25, -0.2) is 0 Å². The van der Waals surface area contributed by atoms with E-state index in [0.717, 1.165) is 19.5 Å². The molecule has 0 saturated heterocycles. The second kappa shape index (κ2) is 8.48. The first-order valence-electron chi connectivity index (χ1n) is 8.11. The molecule has 2 aromatic rings. The summed E-state index contributed by atoms with van der Waals surface area (Å²) in [6.45, 7) is 3.84. The lowest BCUT2D eigenvalue weighted by Crippen LogP contribution is -2.19. The van der Waals surface area contributed by atoms with Gasteiger partial charge < -0.3 is 10.2 Å². The fourth-order valence-electron chi connectivity index (χ4n) is 2.50. The number of hydrogen-bond donors (Lipinski definition) is 1. The highest BCUT2D eigenvalue weighted by Gasteiger charge is 2.15. The zero-order valence-corrected chi connectivity index (χ0v) is 14.2. The summed E-state index contributed by atoms with van der Waals surface area (Å²) in [7, 11) is 4.06. The van der Waals surface area contributed by atoms with E-state index in [1.807, 2.05) is 49.2 Å². The zero-order chi connectivity index (χ0) is 16.7. The second-order valence-corrected chi connectivity index (χ2v) is 6.04. The fraction of sp³-hybridized carbons (Fsp3) is 0.444. The maximum Gasteiger partial charge on any atom is 0.226 e. The molecular formula is C18H26N4O. The molecule has 1 aromatic carbocycles. The van der Waals surface area contributed by atoms with Crippen molar-refractivity contribution in [3.8, 4) is 0 Å². The standard InChI is InChI=1S/C18H26N4O/c1-4-15(16-8-6-5-7-9-16)14-18(23)19-17-10-11-22(20-17)13-12-21(2)3/h5-11,15H,4,12-14H2,1-3H3,(H,19,20,23). The Morgan fingerprint density at radius 3 is 2.65 bits per heavy atom. The van der Waals surface area contributed by atoms with Gasteiger partial charge in [0.1, 0.15) is 0 Å². The van der Waals surface area contributed by atoms with Crippen LogP contribution in [0.3, 0.4) is 0 Å². The number of carbonyl (C=O) groups excluding carboxylic acids is 1. The molecule has 0 spiro atoms. The number of carbonyl (C=O) groups is 1. The van der Waals surface area contributed by atoms with Crippen LogP contribution in [0.1, 0.15) is 31.2 Å². The third kappa shape index (κ3) is 5.53. The highest BCUT2D eigenvalue weighted by Crippen LogP contribution is 2.23. The molecule has 0 aliphatic rings. The van der Waals surface area contributed by atoms with E-state index in [1.54, 1.807) is 0 Å². The Hall–Kier alpha value is -2.14. The lowest BCUT2D eigenvalue weighted by atomic mass is 9.93. The molecule has 0 aliphatic carbocycles. The van der Waals surface area contributed by atoms with Crippen molar-refractivity contribution in [1.29, 1.82) is 0 Å². The largest absolute Gasteiger partial charge is 0.309 e. The van der Waals surface area contributed by atoms with Gasteiger partial charge in [-0.1, -0.05) is 37.3 Å². The van der Waals surface area contributed by atoms with Crippen LogP contribution >= 0.6 is 0 Å². The molecule has 1 heterocycles. The molecule has 0 bridgehead atoms. The van der Waals surface area contributed by atoms with Crippen LogP contribution in [0.15, 0.2) is 42.6 Å². The van der Waals surface area contributed by atoms with Gasteiger partial charge in [-0.2, -0.15) is 5.10 Å². The third-order valence-corrected chi connectivity index (χ3v) is 3.88. The van der Waals surface area contributed by atoms with Gasteiger partial charge >= 0.3 is 0 Å². The van der Waals surface area contributed by atoms with Gasteiger partial charge in [0.25, 0.3) is 0 Å². The van der Waals surface area contributed by atoms with E-state index < -0.39 is 0 Å². The molecule has 1 unspecified atom stereocenters. The second-order valence-electron chi connectivity index (χ2n) is 6.04. The number of rotatable bonds is 8. The predicted octanol–water partition coefficient (Wildman–Crippen LogP) is 2.97. The SMILES string of the molecule is CCC(CC(=O)Nc1ccn(CCN(C)C)n1)c1ccccc1. The first-order valence-corrected chi connectivity index (χ1v) is 8.11. The molecule has 0 aliphatic heterocycles. The summed E-state index contributed by atoms with van der Waals surface area (Å²) in [4.78, 5) is 14.4. The van der Waals surface area contributed by atoms with Crippen LogP contribution in [0.25, 0.3) is 0 Å². The normalized spacial score (nSPS) is 12.3. The van der Waals surface area contributed by atoms with Crippen LogP contribution in [-0.4, -0.2) is 41.2 Å². The van der Waals surface area contributed by atoms with Gasteiger partial charge in [0.2, 0.25) is 5.91 Å². The Morgan fingerprint density at radius 2 is 2.00 bits per heavy atom. The van der Waals surface area contributed by atoms with E-state index in [4.69, 9.17) is 0 Å². The summed E-state index contributed by atoms with van der Waals surface area (Å²) in [5, 5.41) is 7.29. The molecule has 5 heteroatoms. The van der Waals surface area contributed by atoms with Crippen LogP contribution in [0.2, 0.25) is 0 Å². The smallest absolute Gasteiger partial charge is 0.226 e. The quantitative estimate of drug-likeness (QED) is 0.815. The molecule has 1 atom stereocenters. The average Bonchev–Trinajstić information content (AvgIpc) is 2.99. The number of nitrogens with zero attached hydrogens (tertiary/aromatic N) is 3. The van der Waals surface area contributed by atoms with Crippen LogP contribution < -0.4 is 5.32 Å². The highest BCUT2D eigenvalue weighted by atomic mass is 16.1. The lowest BCUT2D eigenvalue weighted by Gasteiger charge is -2.14. The van der Waals surface area contributed by atoms with Crippen molar-refractivity contribution in [1.82, 2.24) is 14.7 Å². The molecule has 2 rings (SSSR count). The Labute approximate surface area is 138 Å². The van der Waals surface area contributed by atoms with Gasteiger partial charge in [-0.3, -0.25) is 9.48 Å². The van der Waals surface area contributed by atoms with E-state index in [0.29, 0.717) is 12.2 Å². The first kappa shape index (κ1) is 17.2.